The first-order valence-corrected chi connectivity index (χ1v) is 11.4. The Morgan fingerprint density at radius 2 is 1.88 bits per heavy atom. The van der Waals surface area contributed by atoms with Crippen LogP contribution in [0, 0.1) is 0 Å². The third-order valence-corrected chi connectivity index (χ3v) is 5.81. The Kier molecular flexibility index (Phi) is 6.51. The van der Waals surface area contributed by atoms with Gasteiger partial charge in [0.15, 0.2) is 0 Å². The number of likely N-dealkylation sites (N-methyl/N-ethyl adjacent to an activating group) is 1. The average molecular weight is 445 g/mol. The molecule has 1 aliphatic rings. The van der Waals surface area contributed by atoms with E-state index in [2.05, 4.69) is 32.7 Å². The molecule has 0 spiro atoms. The fourth-order valence-corrected chi connectivity index (χ4v) is 4.14. The number of aromatic nitrogens is 2. The average Bonchev–Trinajstić information content (AvgIpc) is 3.52. The topological polar surface area (TPSA) is 81.4 Å². The second-order valence-corrected chi connectivity index (χ2v) is 8.07. The zero-order chi connectivity index (χ0) is 22.5. The molecule has 1 saturated heterocycles. The summed E-state index contributed by atoms with van der Waals surface area (Å²) in [4.78, 5) is 8.99. The monoisotopic (exact) mass is 444 g/mol. The van der Waals surface area contributed by atoms with Crippen LogP contribution in [0.5, 0.6) is 5.75 Å². The van der Waals surface area contributed by atoms with E-state index in [1.165, 1.54) is 0 Å². The first-order valence-electron chi connectivity index (χ1n) is 11.4. The number of fused-ring (bicyclic) bond motifs is 1. The number of hydrogen-bond acceptors (Lipinski definition) is 7. The molecule has 7 nitrogen and oxygen atoms in total. The third kappa shape index (κ3) is 4.69. The summed E-state index contributed by atoms with van der Waals surface area (Å²) in [7, 11) is 1.91. The van der Waals surface area contributed by atoms with Crippen molar-refractivity contribution < 1.29 is 13.9 Å². The Morgan fingerprint density at radius 1 is 1.03 bits per heavy atom. The molecule has 1 aliphatic heterocycles. The van der Waals surface area contributed by atoms with Gasteiger partial charge in [0.05, 0.1) is 11.5 Å². The molecule has 0 saturated carbocycles. The van der Waals surface area contributed by atoms with Crippen molar-refractivity contribution in [1.82, 2.24) is 15.3 Å². The van der Waals surface area contributed by atoms with E-state index in [1.54, 1.807) is 6.33 Å². The zero-order valence-electron chi connectivity index (χ0n) is 18.7. The van der Waals surface area contributed by atoms with Crippen LogP contribution < -0.4 is 15.4 Å². The van der Waals surface area contributed by atoms with Gasteiger partial charge >= 0.3 is 0 Å². The Bertz CT molecular complexity index is 1190. The number of furan rings is 1. The van der Waals surface area contributed by atoms with Crippen molar-refractivity contribution >= 4 is 16.9 Å². The van der Waals surface area contributed by atoms with Crippen molar-refractivity contribution in [2.75, 3.05) is 38.7 Å². The van der Waals surface area contributed by atoms with Gasteiger partial charge in [-0.1, -0.05) is 30.3 Å². The molecule has 4 aromatic rings. The number of hydrogen-bond donors (Lipinski definition) is 2. The summed E-state index contributed by atoms with van der Waals surface area (Å²) >= 11 is 0. The molecule has 2 N–H and O–H groups in total. The summed E-state index contributed by atoms with van der Waals surface area (Å²) in [5.74, 6) is 2.35. The molecule has 5 rings (SSSR count). The van der Waals surface area contributed by atoms with Crippen LogP contribution in [0.3, 0.4) is 0 Å². The fraction of sp³-hybridized carbons (Fsp3) is 0.308. The van der Waals surface area contributed by atoms with Gasteiger partial charge in [-0.25, -0.2) is 9.97 Å². The van der Waals surface area contributed by atoms with Crippen LogP contribution in [0.25, 0.3) is 33.6 Å². The second-order valence-electron chi connectivity index (χ2n) is 8.07. The number of ether oxygens (including phenoxy) is 2. The maximum absolute atomic E-state index is 6.32. The summed E-state index contributed by atoms with van der Waals surface area (Å²) in [6.45, 7) is 2.94. The molecule has 7 heteroatoms. The van der Waals surface area contributed by atoms with E-state index in [1.807, 2.05) is 49.5 Å². The highest BCUT2D eigenvalue weighted by Crippen LogP contribution is 2.42. The van der Waals surface area contributed by atoms with Crippen molar-refractivity contribution in [1.29, 1.82) is 0 Å². The first kappa shape index (κ1) is 21.4. The van der Waals surface area contributed by atoms with Crippen molar-refractivity contribution in [3.8, 4) is 28.2 Å². The van der Waals surface area contributed by atoms with Gasteiger partial charge in [-0.3, -0.25) is 0 Å². The predicted molar refractivity (Wildman–Crippen MR) is 130 cm³/mol. The molecule has 0 radical (unpaired) electrons. The summed E-state index contributed by atoms with van der Waals surface area (Å²) < 4.78 is 17.9. The Labute approximate surface area is 193 Å². The van der Waals surface area contributed by atoms with Crippen LogP contribution in [0.2, 0.25) is 0 Å². The largest absolute Gasteiger partial charge is 0.492 e. The first-order chi connectivity index (χ1) is 16.3. The molecule has 2 aromatic heterocycles. The number of anilines is 1. The summed E-state index contributed by atoms with van der Waals surface area (Å²) in [6.07, 6.45) is 3.91. The minimum absolute atomic E-state index is 0.206. The normalized spacial score (nSPS) is 15.7. The lowest BCUT2D eigenvalue weighted by molar-refractivity contribution is 0.120. The molecule has 0 amide bonds. The molecule has 2 aromatic carbocycles. The van der Waals surface area contributed by atoms with Gasteiger partial charge < -0.3 is 24.5 Å². The van der Waals surface area contributed by atoms with E-state index in [0.29, 0.717) is 18.9 Å². The standard InChI is InChI=1S/C26H28N4O3/c1-27-13-15-32-20-11-9-19(10-12-20)24-22(18-6-3-2-4-7-18)23-25(29-17-30-26(23)33-24)28-16-21-8-5-14-31-21/h2-4,6-7,9-12,17,21,27H,5,8,13-16H2,1H3,(H,28,29,30)/t21-/m0/s1. The van der Waals surface area contributed by atoms with Gasteiger partial charge in [0.1, 0.15) is 30.3 Å². The molecule has 3 heterocycles. The van der Waals surface area contributed by atoms with Crippen LogP contribution >= 0.6 is 0 Å². The Balaban J connectivity index is 1.55. The number of nitrogens with zero attached hydrogens (tertiary/aromatic N) is 2. The predicted octanol–water partition coefficient (Wildman–Crippen LogP) is 4.75. The Morgan fingerprint density at radius 3 is 2.64 bits per heavy atom. The summed E-state index contributed by atoms with van der Waals surface area (Å²) in [6, 6.07) is 18.2. The van der Waals surface area contributed by atoms with Crippen LogP contribution in [-0.2, 0) is 4.74 Å². The highest BCUT2D eigenvalue weighted by Gasteiger charge is 2.23. The minimum atomic E-state index is 0.206. The van der Waals surface area contributed by atoms with Crippen LogP contribution in [-0.4, -0.2) is 49.4 Å². The number of nitrogens with one attached hydrogen (secondary N) is 2. The van der Waals surface area contributed by atoms with Crippen LogP contribution in [0.4, 0.5) is 5.82 Å². The van der Waals surface area contributed by atoms with Gasteiger partial charge in [-0.15, -0.1) is 0 Å². The van der Waals surface area contributed by atoms with Crippen molar-refractivity contribution in [2.24, 2.45) is 0 Å². The number of rotatable bonds is 9. The van der Waals surface area contributed by atoms with Gasteiger partial charge in [-0.05, 0) is 49.7 Å². The molecule has 0 unspecified atom stereocenters. The van der Waals surface area contributed by atoms with Gasteiger partial charge in [0.2, 0.25) is 5.71 Å². The molecule has 170 valence electrons. The molecule has 0 bridgehead atoms. The molecule has 33 heavy (non-hydrogen) atoms. The second kappa shape index (κ2) is 10.0. The highest BCUT2D eigenvalue weighted by molar-refractivity contribution is 6.05. The maximum atomic E-state index is 6.32. The molecular formula is C26H28N4O3. The van der Waals surface area contributed by atoms with E-state index in [0.717, 1.165) is 65.4 Å². The van der Waals surface area contributed by atoms with E-state index < -0.39 is 0 Å². The van der Waals surface area contributed by atoms with Crippen LogP contribution in [0.15, 0.2) is 65.3 Å². The molecule has 1 atom stereocenters. The molecule has 0 aliphatic carbocycles. The van der Waals surface area contributed by atoms with E-state index >= 15 is 0 Å². The van der Waals surface area contributed by atoms with Crippen molar-refractivity contribution in [3.63, 3.8) is 0 Å². The lowest BCUT2D eigenvalue weighted by Crippen LogP contribution is -2.19. The quantitative estimate of drug-likeness (QED) is 0.361. The lowest BCUT2D eigenvalue weighted by Gasteiger charge is -2.12. The fourth-order valence-electron chi connectivity index (χ4n) is 4.14. The van der Waals surface area contributed by atoms with Crippen molar-refractivity contribution in [2.45, 2.75) is 18.9 Å². The van der Waals surface area contributed by atoms with E-state index in [4.69, 9.17) is 13.9 Å². The zero-order valence-corrected chi connectivity index (χ0v) is 18.7. The minimum Gasteiger partial charge on any atom is -0.492 e. The third-order valence-electron chi connectivity index (χ3n) is 5.81. The number of benzene rings is 2. The van der Waals surface area contributed by atoms with Gasteiger partial charge in [0.25, 0.3) is 0 Å². The Hall–Kier alpha value is -3.42. The van der Waals surface area contributed by atoms with Gasteiger partial charge in [-0.2, -0.15) is 0 Å². The molecule has 1 fully saturated rings. The highest BCUT2D eigenvalue weighted by atomic mass is 16.5. The smallest absolute Gasteiger partial charge is 0.232 e. The van der Waals surface area contributed by atoms with Gasteiger partial charge in [0, 0.05) is 30.8 Å². The van der Waals surface area contributed by atoms with Crippen LogP contribution in [0.1, 0.15) is 12.8 Å². The van der Waals surface area contributed by atoms with E-state index in [9.17, 15) is 0 Å². The molecular weight excluding hydrogens is 416 g/mol. The SMILES string of the molecule is CNCCOc1ccc(-c2oc3ncnc(NC[C@@H]4CCCO4)c3c2-c2ccccc2)cc1. The maximum Gasteiger partial charge on any atom is 0.232 e. The van der Waals surface area contributed by atoms with Crippen molar-refractivity contribution in [3.05, 3.63) is 60.9 Å². The summed E-state index contributed by atoms with van der Waals surface area (Å²) in [5, 5.41) is 7.44. The lowest BCUT2D eigenvalue weighted by atomic mass is 9.99. The summed E-state index contributed by atoms with van der Waals surface area (Å²) in [5.41, 5.74) is 3.54. The van der Waals surface area contributed by atoms with E-state index in [-0.39, 0.29) is 6.10 Å².